The van der Waals surface area contributed by atoms with E-state index < -0.39 is 5.41 Å². The summed E-state index contributed by atoms with van der Waals surface area (Å²) >= 11 is 0. The quantitative estimate of drug-likeness (QED) is 0.752. The number of benzene rings is 1. The lowest BCUT2D eigenvalue weighted by atomic mass is 9.73. The van der Waals surface area contributed by atoms with Crippen LogP contribution < -0.4 is 10.1 Å². The van der Waals surface area contributed by atoms with E-state index in [4.69, 9.17) is 9.47 Å². The number of pyridine rings is 1. The predicted molar refractivity (Wildman–Crippen MR) is 121 cm³/mol. The van der Waals surface area contributed by atoms with Crippen LogP contribution in [0.2, 0.25) is 0 Å². The summed E-state index contributed by atoms with van der Waals surface area (Å²) in [5.41, 5.74) is 1.12. The van der Waals surface area contributed by atoms with Crippen LogP contribution in [-0.4, -0.2) is 61.7 Å². The highest BCUT2D eigenvalue weighted by atomic mass is 16.5. The molecule has 170 valence electrons. The first-order valence-electron chi connectivity index (χ1n) is 11.3. The number of nitrogens with zero attached hydrogens (tertiary/aromatic N) is 2. The van der Waals surface area contributed by atoms with E-state index in [2.05, 4.69) is 10.3 Å². The van der Waals surface area contributed by atoms with Gasteiger partial charge in [0.1, 0.15) is 5.75 Å². The summed E-state index contributed by atoms with van der Waals surface area (Å²) in [4.78, 5) is 31.9. The molecule has 7 heteroatoms. The lowest BCUT2D eigenvalue weighted by Crippen LogP contribution is -2.50. The molecular weight excluding hydrogens is 406 g/mol. The van der Waals surface area contributed by atoms with Crippen molar-refractivity contribution >= 4 is 11.8 Å². The summed E-state index contributed by atoms with van der Waals surface area (Å²) in [7, 11) is 1.64. The molecule has 0 spiro atoms. The van der Waals surface area contributed by atoms with E-state index in [1.807, 2.05) is 29.2 Å². The molecule has 1 aromatic heterocycles. The molecule has 2 saturated heterocycles. The van der Waals surface area contributed by atoms with Gasteiger partial charge in [-0.1, -0.05) is 12.1 Å². The molecule has 2 amide bonds. The molecule has 0 bridgehead atoms. The molecular formula is C25H31N3O4. The van der Waals surface area contributed by atoms with Gasteiger partial charge in [0.05, 0.1) is 12.5 Å². The summed E-state index contributed by atoms with van der Waals surface area (Å²) in [6, 6.07) is 11.3. The number of ether oxygens (including phenoxy) is 2. The minimum absolute atomic E-state index is 0.0514. The molecule has 0 unspecified atom stereocenters. The molecule has 0 radical (unpaired) electrons. The maximum absolute atomic E-state index is 13.4. The topological polar surface area (TPSA) is 80.8 Å². The third-order valence-corrected chi connectivity index (χ3v) is 6.80. The number of amides is 2. The fourth-order valence-corrected chi connectivity index (χ4v) is 4.70. The van der Waals surface area contributed by atoms with Crippen molar-refractivity contribution in [3.8, 4) is 5.75 Å². The van der Waals surface area contributed by atoms with E-state index in [9.17, 15) is 9.59 Å². The Kier molecular flexibility index (Phi) is 7.05. The first-order chi connectivity index (χ1) is 15.6. The third kappa shape index (κ3) is 4.78. The van der Waals surface area contributed by atoms with Crippen LogP contribution in [-0.2, 0) is 14.9 Å². The number of rotatable bonds is 6. The van der Waals surface area contributed by atoms with E-state index in [0.717, 1.165) is 24.2 Å². The maximum Gasteiger partial charge on any atom is 0.253 e. The normalized spacial score (nSPS) is 18.7. The van der Waals surface area contributed by atoms with Gasteiger partial charge in [0.15, 0.2) is 0 Å². The van der Waals surface area contributed by atoms with Crippen LogP contribution in [0.1, 0.15) is 41.6 Å². The van der Waals surface area contributed by atoms with Crippen molar-refractivity contribution in [2.45, 2.75) is 31.1 Å². The van der Waals surface area contributed by atoms with E-state index in [0.29, 0.717) is 57.2 Å². The number of piperidine rings is 1. The molecule has 1 aromatic carbocycles. The van der Waals surface area contributed by atoms with E-state index in [1.54, 1.807) is 31.6 Å². The second-order valence-corrected chi connectivity index (χ2v) is 8.60. The lowest BCUT2D eigenvalue weighted by Gasteiger charge is -2.37. The van der Waals surface area contributed by atoms with Crippen molar-refractivity contribution in [1.29, 1.82) is 0 Å². The van der Waals surface area contributed by atoms with Crippen molar-refractivity contribution in [3.05, 3.63) is 59.9 Å². The first-order valence-corrected chi connectivity index (χ1v) is 11.3. The number of hydrogen-bond acceptors (Lipinski definition) is 5. The summed E-state index contributed by atoms with van der Waals surface area (Å²) < 4.78 is 10.8. The van der Waals surface area contributed by atoms with Crippen molar-refractivity contribution in [3.63, 3.8) is 0 Å². The molecule has 1 N–H and O–H groups in total. The molecule has 0 atom stereocenters. The van der Waals surface area contributed by atoms with E-state index in [-0.39, 0.29) is 11.8 Å². The second-order valence-electron chi connectivity index (χ2n) is 8.60. The average molecular weight is 438 g/mol. The number of hydrogen-bond donors (Lipinski definition) is 1. The molecule has 0 saturated carbocycles. The molecule has 4 rings (SSSR count). The number of carbonyl (C=O) groups excluding carboxylic acids is 2. The van der Waals surface area contributed by atoms with Crippen LogP contribution >= 0.6 is 0 Å². The Morgan fingerprint density at radius 2 is 1.75 bits per heavy atom. The van der Waals surface area contributed by atoms with Crippen molar-refractivity contribution in [2.24, 2.45) is 5.92 Å². The Morgan fingerprint density at radius 1 is 1.09 bits per heavy atom. The standard InChI is InChI=1S/C25H31N3O4/c1-31-22-4-2-21(3-5-22)25(10-16-32-17-11-25)24(30)27-18-19-8-14-28(15-9-19)23(29)20-6-12-26-13-7-20/h2-7,12-13,19H,8-11,14-18H2,1H3,(H,27,30). The third-order valence-electron chi connectivity index (χ3n) is 6.80. The molecule has 3 heterocycles. The van der Waals surface area contributed by atoms with Crippen LogP contribution in [0, 0.1) is 5.92 Å². The Hall–Kier alpha value is -2.93. The zero-order chi connectivity index (χ0) is 22.4. The van der Waals surface area contributed by atoms with Gasteiger partial charge in [-0.2, -0.15) is 0 Å². The average Bonchev–Trinajstić information content (AvgIpc) is 2.88. The summed E-state index contributed by atoms with van der Waals surface area (Å²) in [5.74, 6) is 1.27. The Labute approximate surface area is 189 Å². The second kappa shape index (κ2) is 10.1. The van der Waals surface area contributed by atoms with Gasteiger partial charge in [-0.25, -0.2) is 0 Å². The highest BCUT2D eigenvalue weighted by Gasteiger charge is 2.41. The molecule has 7 nitrogen and oxygen atoms in total. The minimum atomic E-state index is -0.567. The Bertz CT molecular complexity index is 903. The molecule has 2 aromatic rings. The zero-order valence-electron chi connectivity index (χ0n) is 18.6. The molecule has 2 aliphatic rings. The zero-order valence-corrected chi connectivity index (χ0v) is 18.6. The van der Waals surface area contributed by atoms with Gasteiger partial charge < -0.3 is 19.7 Å². The number of aromatic nitrogens is 1. The minimum Gasteiger partial charge on any atom is -0.497 e. The Morgan fingerprint density at radius 3 is 2.38 bits per heavy atom. The summed E-state index contributed by atoms with van der Waals surface area (Å²) in [6.45, 7) is 3.21. The van der Waals surface area contributed by atoms with Crippen LogP contribution in [0.15, 0.2) is 48.8 Å². The smallest absolute Gasteiger partial charge is 0.253 e. The largest absolute Gasteiger partial charge is 0.497 e. The Balaban J connectivity index is 1.34. The fraction of sp³-hybridized carbons (Fsp3) is 0.480. The van der Waals surface area contributed by atoms with Crippen molar-refractivity contribution in [2.75, 3.05) is 40.0 Å². The monoisotopic (exact) mass is 437 g/mol. The summed E-state index contributed by atoms with van der Waals surface area (Å²) in [5, 5.41) is 3.23. The predicted octanol–water partition coefficient (Wildman–Crippen LogP) is 2.81. The fourth-order valence-electron chi connectivity index (χ4n) is 4.70. The maximum atomic E-state index is 13.4. The van der Waals surface area contributed by atoms with Crippen LogP contribution in [0.25, 0.3) is 0 Å². The highest BCUT2D eigenvalue weighted by molar-refractivity contribution is 5.94. The van der Waals surface area contributed by atoms with Gasteiger partial charge >= 0.3 is 0 Å². The van der Waals surface area contributed by atoms with Crippen LogP contribution in [0.3, 0.4) is 0 Å². The SMILES string of the molecule is COc1ccc(C2(C(=O)NCC3CCN(C(=O)c4ccncc4)CC3)CCOCC2)cc1. The van der Waals surface area contributed by atoms with E-state index >= 15 is 0 Å². The summed E-state index contributed by atoms with van der Waals surface area (Å²) in [6.07, 6.45) is 6.40. The van der Waals surface area contributed by atoms with Crippen LogP contribution in [0.4, 0.5) is 0 Å². The van der Waals surface area contributed by atoms with Gasteiger partial charge in [-0.05, 0) is 61.4 Å². The van der Waals surface area contributed by atoms with Gasteiger partial charge in [0, 0.05) is 50.8 Å². The number of carbonyl (C=O) groups is 2. The van der Waals surface area contributed by atoms with E-state index in [1.165, 1.54) is 0 Å². The molecule has 0 aliphatic carbocycles. The highest BCUT2D eigenvalue weighted by Crippen LogP contribution is 2.36. The van der Waals surface area contributed by atoms with Crippen molar-refractivity contribution < 1.29 is 19.1 Å². The van der Waals surface area contributed by atoms with Crippen molar-refractivity contribution in [1.82, 2.24) is 15.2 Å². The molecule has 2 fully saturated rings. The van der Waals surface area contributed by atoms with Crippen LogP contribution in [0.5, 0.6) is 5.75 Å². The van der Waals surface area contributed by atoms with Gasteiger partial charge in [0.2, 0.25) is 5.91 Å². The number of methoxy groups -OCH3 is 1. The number of likely N-dealkylation sites (tertiary alicyclic amines) is 1. The van der Waals surface area contributed by atoms with Gasteiger partial charge in [-0.3, -0.25) is 14.6 Å². The molecule has 2 aliphatic heterocycles. The van der Waals surface area contributed by atoms with Gasteiger partial charge in [0.25, 0.3) is 5.91 Å². The first kappa shape index (κ1) is 22.3. The lowest BCUT2D eigenvalue weighted by molar-refractivity contribution is -0.130. The van der Waals surface area contributed by atoms with Gasteiger partial charge in [-0.15, -0.1) is 0 Å². The molecule has 32 heavy (non-hydrogen) atoms. The number of nitrogens with one attached hydrogen (secondary N) is 1.